The SMILES string of the molecule is CCCC(C)(C)CCN(C)C(=O)CCOCCOCCOCCOCCC(C)(CC)CCC. The van der Waals surface area contributed by atoms with Crippen molar-refractivity contribution in [1.82, 2.24) is 4.90 Å². The molecule has 0 N–H and O–H groups in total. The first kappa shape index (κ1) is 32.3. The van der Waals surface area contributed by atoms with Crippen LogP contribution in [0, 0.1) is 10.8 Å². The molecule has 0 saturated heterocycles. The second-order valence-corrected chi connectivity index (χ2v) is 10.3. The van der Waals surface area contributed by atoms with Crippen LogP contribution in [0.5, 0.6) is 0 Å². The number of rotatable bonds is 23. The molecule has 0 aromatic heterocycles. The minimum absolute atomic E-state index is 0.142. The van der Waals surface area contributed by atoms with Gasteiger partial charge in [-0.25, -0.2) is 0 Å². The number of carbonyl (C=O) groups is 1. The highest BCUT2D eigenvalue weighted by Crippen LogP contribution is 2.31. The summed E-state index contributed by atoms with van der Waals surface area (Å²) >= 11 is 0. The maximum atomic E-state index is 12.2. The van der Waals surface area contributed by atoms with E-state index in [4.69, 9.17) is 18.9 Å². The maximum absolute atomic E-state index is 12.2. The summed E-state index contributed by atoms with van der Waals surface area (Å²) in [5, 5.41) is 0. The van der Waals surface area contributed by atoms with Crippen molar-refractivity contribution in [2.75, 3.05) is 66.4 Å². The van der Waals surface area contributed by atoms with Gasteiger partial charge < -0.3 is 23.8 Å². The van der Waals surface area contributed by atoms with E-state index in [9.17, 15) is 4.79 Å². The lowest BCUT2D eigenvalue weighted by Crippen LogP contribution is -2.31. The van der Waals surface area contributed by atoms with E-state index in [0.29, 0.717) is 63.5 Å². The molecule has 0 fully saturated rings. The zero-order chi connectivity index (χ0) is 25.0. The number of carbonyl (C=O) groups excluding carboxylic acids is 1. The number of amides is 1. The van der Waals surface area contributed by atoms with Crippen LogP contribution in [-0.2, 0) is 23.7 Å². The molecule has 6 nitrogen and oxygen atoms in total. The first-order chi connectivity index (χ1) is 15.7. The van der Waals surface area contributed by atoms with Crippen LogP contribution in [0.1, 0.15) is 92.9 Å². The van der Waals surface area contributed by atoms with Crippen molar-refractivity contribution in [1.29, 1.82) is 0 Å². The van der Waals surface area contributed by atoms with Crippen molar-refractivity contribution >= 4 is 5.91 Å². The van der Waals surface area contributed by atoms with Crippen LogP contribution < -0.4 is 0 Å². The molecule has 1 atom stereocenters. The molecule has 1 amide bonds. The van der Waals surface area contributed by atoms with E-state index in [1.165, 1.54) is 32.1 Å². The molecular weight excluding hydrogens is 418 g/mol. The average Bonchev–Trinajstić information content (AvgIpc) is 2.77. The minimum atomic E-state index is 0.142. The molecule has 0 radical (unpaired) electrons. The Morgan fingerprint density at radius 2 is 1.15 bits per heavy atom. The molecule has 0 spiro atoms. The maximum Gasteiger partial charge on any atom is 0.224 e. The van der Waals surface area contributed by atoms with Crippen molar-refractivity contribution in [3.05, 3.63) is 0 Å². The summed E-state index contributed by atoms with van der Waals surface area (Å²) in [6.45, 7) is 19.0. The van der Waals surface area contributed by atoms with Gasteiger partial charge in [0.05, 0.1) is 52.7 Å². The van der Waals surface area contributed by atoms with E-state index in [1.54, 1.807) is 0 Å². The van der Waals surface area contributed by atoms with Crippen LogP contribution in [0.25, 0.3) is 0 Å². The van der Waals surface area contributed by atoms with Crippen LogP contribution in [0.3, 0.4) is 0 Å². The van der Waals surface area contributed by atoms with Gasteiger partial charge in [0.25, 0.3) is 0 Å². The highest BCUT2D eigenvalue weighted by atomic mass is 16.6. The third-order valence-electron chi connectivity index (χ3n) is 6.61. The molecule has 0 aliphatic rings. The molecule has 0 aromatic carbocycles. The van der Waals surface area contributed by atoms with E-state index in [0.717, 1.165) is 26.0 Å². The van der Waals surface area contributed by atoms with Crippen LogP contribution in [0.4, 0.5) is 0 Å². The summed E-state index contributed by atoms with van der Waals surface area (Å²) in [6.07, 6.45) is 8.62. The number of ether oxygens (including phenoxy) is 4. The van der Waals surface area contributed by atoms with Gasteiger partial charge in [0.15, 0.2) is 0 Å². The summed E-state index contributed by atoms with van der Waals surface area (Å²) < 4.78 is 22.3. The van der Waals surface area contributed by atoms with Crippen LogP contribution in [-0.4, -0.2) is 77.3 Å². The summed E-state index contributed by atoms with van der Waals surface area (Å²) in [5.41, 5.74) is 0.694. The molecule has 0 heterocycles. The molecule has 0 aliphatic carbocycles. The van der Waals surface area contributed by atoms with Gasteiger partial charge >= 0.3 is 0 Å². The van der Waals surface area contributed by atoms with Crippen LogP contribution in [0.2, 0.25) is 0 Å². The minimum Gasteiger partial charge on any atom is -0.379 e. The zero-order valence-corrected chi connectivity index (χ0v) is 23.0. The molecule has 33 heavy (non-hydrogen) atoms. The largest absolute Gasteiger partial charge is 0.379 e. The van der Waals surface area contributed by atoms with Crippen molar-refractivity contribution in [3.8, 4) is 0 Å². The lowest BCUT2D eigenvalue weighted by Gasteiger charge is -2.27. The van der Waals surface area contributed by atoms with Crippen LogP contribution in [0.15, 0.2) is 0 Å². The molecule has 198 valence electrons. The Morgan fingerprint density at radius 1 is 0.667 bits per heavy atom. The Bertz CT molecular complexity index is 471. The summed E-state index contributed by atoms with van der Waals surface area (Å²) in [7, 11) is 1.88. The Labute approximate surface area is 205 Å². The van der Waals surface area contributed by atoms with Gasteiger partial charge in [-0.05, 0) is 36.5 Å². The van der Waals surface area contributed by atoms with Crippen LogP contribution >= 0.6 is 0 Å². The molecular formula is C27H55NO5. The molecule has 0 rings (SSSR count). The quantitative estimate of drug-likeness (QED) is 0.178. The fraction of sp³-hybridized carbons (Fsp3) is 0.963. The Balaban J connectivity index is 3.50. The number of nitrogens with zero attached hydrogens (tertiary/aromatic N) is 1. The Morgan fingerprint density at radius 3 is 1.64 bits per heavy atom. The van der Waals surface area contributed by atoms with Crippen molar-refractivity contribution in [3.63, 3.8) is 0 Å². The normalized spacial score (nSPS) is 13.8. The molecule has 0 saturated carbocycles. The molecule has 0 bridgehead atoms. The van der Waals surface area contributed by atoms with E-state index < -0.39 is 0 Å². The van der Waals surface area contributed by atoms with E-state index in [1.807, 2.05) is 11.9 Å². The fourth-order valence-electron chi connectivity index (χ4n) is 3.91. The van der Waals surface area contributed by atoms with Crippen molar-refractivity contribution in [2.45, 2.75) is 92.9 Å². The Kier molecular flexibility index (Phi) is 19.2. The molecule has 1 unspecified atom stereocenters. The van der Waals surface area contributed by atoms with E-state index in [-0.39, 0.29) is 5.91 Å². The standard InChI is InChI=1S/C27H55NO5/c1-8-12-26(4,5)14-16-28(7)25(29)11-17-30-19-21-32-23-24-33-22-20-31-18-15-27(6,10-3)13-9-2/h8-24H2,1-7H3. The highest BCUT2D eigenvalue weighted by molar-refractivity contribution is 5.75. The van der Waals surface area contributed by atoms with Gasteiger partial charge in [0.2, 0.25) is 5.91 Å². The number of hydrogen-bond donors (Lipinski definition) is 0. The predicted octanol–water partition coefficient (Wildman–Crippen LogP) is 5.72. The fourth-order valence-corrected chi connectivity index (χ4v) is 3.91. The van der Waals surface area contributed by atoms with E-state index >= 15 is 0 Å². The summed E-state index contributed by atoms with van der Waals surface area (Å²) in [4.78, 5) is 14.0. The van der Waals surface area contributed by atoms with Gasteiger partial charge in [0.1, 0.15) is 0 Å². The highest BCUT2D eigenvalue weighted by Gasteiger charge is 2.20. The van der Waals surface area contributed by atoms with Gasteiger partial charge in [-0.2, -0.15) is 0 Å². The third kappa shape index (κ3) is 18.3. The molecule has 6 heteroatoms. The lowest BCUT2D eigenvalue weighted by atomic mass is 9.80. The van der Waals surface area contributed by atoms with Gasteiger partial charge in [-0.1, -0.05) is 60.8 Å². The molecule has 0 aliphatic heterocycles. The molecule has 0 aromatic rings. The summed E-state index contributed by atoms with van der Waals surface area (Å²) in [5.74, 6) is 0.142. The topological polar surface area (TPSA) is 57.2 Å². The number of hydrogen-bond acceptors (Lipinski definition) is 5. The first-order valence-corrected chi connectivity index (χ1v) is 13.2. The zero-order valence-electron chi connectivity index (χ0n) is 23.0. The predicted molar refractivity (Wildman–Crippen MR) is 137 cm³/mol. The third-order valence-corrected chi connectivity index (χ3v) is 6.61. The van der Waals surface area contributed by atoms with Gasteiger partial charge in [0, 0.05) is 20.2 Å². The van der Waals surface area contributed by atoms with E-state index in [2.05, 4.69) is 41.5 Å². The summed E-state index contributed by atoms with van der Waals surface area (Å²) in [6, 6.07) is 0. The lowest BCUT2D eigenvalue weighted by molar-refractivity contribution is -0.131. The second kappa shape index (κ2) is 19.6. The van der Waals surface area contributed by atoms with Gasteiger partial charge in [-0.3, -0.25) is 4.79 Å². The average molecular weight is 474 g/mol. The van der Waals surface area contributed by atoms with Crippen molar-refractivity contribution in [2.24, 2.45) is 10.8 Å². The second-order valence-electron chi connectivity index (χ2n) is 10.3. The van der Waals surface area contributed by atoms with Crippen molar-refractivity contribution < 1.29 is 23.7 Å². The Hall–Kier alpha value is -0.690. The smallest absolute Gasteiger partial charge is 0.224 e. The first-order valence-electron chi connectivity index (χ1n) is 13.2. The van der Waals surface area contributed by atoms with Gasteiger partial charge in [-0.15, -0.1) is 0 Å². The monoisotopic (exact) mass is 473 g/mol.